The summed E-state index contributed by atoms with van der Waals surface area (Å²) >= 11 is 0. The van der Waals surface area contributed by atoms with Crippen molar-refractivity contribution >= 4 is 38.4 Å². The molecule has 192 valence electrons. The second-order valence-electron chi connectivity index (χ2n) is 10.5. The summed E-state index contributed by atoms with van der Waals surface area (Å²) in [5.74, 6) is 2.51. The summed E-state index contributed by atoms with van der Waals surface area (Å²) in [5, 5.41) is 12.9. The normalized spacial score (nSPS) is 18.8. The van der Waals surface area contributed by atoms with Gasteiger partial charge < -0.3 is 15.0 Å². The lowest BCUT2D eigenvalue weighted by Gasteiger charge is -2.55. The van der Waals surface area contributed by atoms with Crippen LogP contribution in [0.15, 0.2) is 36.9 Å². The van der Waals surface area contributed by atoms with Crippen LogP contribution in [0.3, 0.4) is 0 Å². The minimum atomic E-state index is -3.44. The van der Waals surface area contributed by atoms with Gasteiger partial charge in [0.15, 0.2) is 11.6 Å². The molecule has 13 heteroatoms. The zero-order chi connectivity index (χ0) is 25.4. The van der Waals surface area contributed by atoms with E-state index in [9.17, 15) is 8.42 Å². The second-order valence-corrected chi connectivity index (χ2v) is 12.6. The van der Waals surface area contributed by atoms with Crippen molar-refractivity contribution in [3.63, 3.8) is 0 Å². The highest BCUT2D eigenvalue weighted by Crippen LogP contribution is 2.42. The highest BCUT2D eigenvalue weighted by Gasteiger charge is 2.50. The van der Waals surface area contributed by atoms with Crippen molar-refractivity contribution in [2.75, 3.05) is 36.5 Å². The highest BCUT2D eigenvalue weighted by atomic mass is 32.2. The van der Waals surface area contributed by atoms with E-state index < -0.39 is 10.0 Å². The maximum absolute atomic E-state index is 12.5. The number of hydrogen-bond acceptors (Lipinski definition) is 10. The van der Waals surface area contributed by atoms with E-state index in [1.54, 1.807) is 12.3 Å². The fraction of sp³-hybridized carbons (Fsp3) is 0.458. The Kier molecular flexibility index (Phi) is 4.86. The van der Waals surface area contributed by atoms with Crippen molar-refractivity contribution in [2.24, 2.45) is 5.41 Å². The Morgan fingerprint density at radius 1 is 1.14 bits per heavy atom. The van der Waals surface area contributed by atoms with E-state index in [2.05, 4.69) is 44.1 Å². The molecule has 37 heavy (non-hydrogen) atoms. The summed E-state index contributed by atoms with van der Waals surface area (Å²) in [4.78, 5) is 15.8. The molecule has 4 aromatic heterocycles. The first kappa shape index (κ1) is 22.6. The Morgan fingerprint density at radius 2 is 1.95 bits per heavy atom. The molecule has 0 aromatic carbocycles. The summed E-state index contributed by atoms with van der Waals surface area (Å²) < 4.78 is 33.4. The predicted molar refractivity (Wildman–Crippen MR) is 137 cm³/mol. The smallest absolute Gasteiger partial charge is 0.256 e. The Balaban J connectivity index is 1.15. The maximum atomic E-state index is 12.5. The van der Waals surface area contributed by atoms with Crippen LogP contribution in [0.2, 0.25) is 0 Å². The maximum Gasteiger partial charge on any atom is 0.256 e. The molecule has 1 spiro atoms. The van der Waals surface area contributed by atoms with Gasteiger partial charge >= 0.3 is 0 Å². The van der Waals surface area contributed by atoms with Gasteiger partial charge in [0, 0.05) is 37.6 Å². The monoisotopic (exact) mass is 521 g/mol. The SMILES string of the molecule is CC(C)n1nc(N2CC3(COC3)C2)c2cnc(Nc3ccnc(-c4cnn(S(=O)(=O)C5CC5)c4)n3)cc21. The zero-order valence-corrected chi connectivity index (χ0v) is 21.4. The van der Waals surface area contributed by atoms with Crippen molar-refractivity contribution in [3.8, 4) is 11.4 Å². The number of nitrogens with one attached hydrogen (secondary N) is 1. The molecule has 3 aliphatic rings. The third-order valence-electron chi connectivity index (χ3n) is 7.17. The van der Waals surface area contributed by atoms with E-state index in [0.29, 0.717) is 41.3 Å². The molecule has 1 saturated carbocycles. The molecule has 4 aromatic rings. The van der Waals surface area contributed by atoms with Crippen molar-refractivity contribution in [3.05, 3.63) is 36.9 Å². The molecule has 0 amide bonds. The molecule has 0 unspecified atom stereocenters. The Labute approximate surface area is 213 Å². The summed E-state index contributed by atoms with van der Waals surface area (Å²) in [6.07, 6.45) is 7.77. The second kappa shape index (κ2) is 7.96. The van der Waals surface area contributed by atoms with Gasteiger partial charge in [0.1, 0.15) is 11.6 Å². The predicted octanol–water partition coefficient (Wildman–Crippen LogP) is 2.59. The van der Waals surface area contributed by atoms with Gasteiger partial charge in [0.05, 0.1) is 52.7 Å². The summed E-state index contributed by atoms with van der Waals surface area (Å²) in [7, 11) is -3.44. The average Bonchev–Trinajstić information content (AvgIpc) is 3.45. The highest BCUT2D eigenvalue weighted by molar-refractivity contribution is 7.90. The van der Waals surface area contributed by atoms with Crippen molar-refractivity contribution in [2.45, 2.75) is 38.0 Å². The number of aromatic nitrogens is 7. The fourth-order valence-electron chi connectivity index (χ4n) is 4.98. The van der Waals surface area contributed by atoms with E-state index in [1.807, 2.05) is 16.9 Å². The van der Waals surface area contributed by atoms with Crippen LogP contribution in [-0.2, 0) is 14.8 Å². The zero-order valence-electron chi connectivity index (χ0n) is 20.6. The van der Waals surface area contributed by atoms with Crippen LogP contribution in [0.1, 0.15) is 32.7 Å². The third-order valence-corrected chi connectivity index (χ3v) is 9.20. The Morgan fingerprint density at radius 3 is 2.65 bits per heavy atom. The van der Waals surface area contributed by atoms with E-state index in [1.165, 1.54) is 12.4 Å². The molecule has 0 radical (unpaired) electrons. The van der Waals surface area contributed by atoms with Gasteiger partial charge in [-0.05, 0) is 32.8 Å². The van der Waals surface area contributed by atoms with E-state index in [0.717, 1.165) is 47.1 Å². The molecule has 12 nitrogen and oxygen atoms in total. The molecular formula is C24H27N9O3S. The molecular weight excluding hydrogens is 494 g/mol. The lowest BCUT2D eigenvalue weighted by molar-refractivity contribution is -0.127. The van der Waals surface area contributed by atoms with Crippen LogP contribution in [0.25, 0.3) is 22.3 Å². The number of nitrogens with zero attached hydrogens (tertiary/aromatic N) is 8. The van der Waals surface area contributed by atoms with Gasteiger partial charge in [0.2, 0.25) is 0 Å². The Hall–Kier alpha value is -3.58. The van der Waals surface area contributed by atoms with Crippen LogP contribution in [0.5, 0.6) is 0 Å². The number of anilines is 3. The summed E-state index contributed by atoms with van der Waals surface area (Å²) in [6.45, 7) is 7.80. The van der Waals surface area contributed by atoms with Crippen molar-refractivity contribution in [1.82, 2.24) is 33.9 Å². The van der Waals surface area contributed by atoms with Crippen LogP contribution in [0.4, 0.5) is 17.5 Å². The van der Waals surface area contributed by atoms with Gasteiger partial charge in [-0.3, -0.25) is 4.68 Å². The number of rotatable bonds is 7. The summed E-state index contributed by atoms with van der Waals surface area (Å²) in [5.41, 5.74) is 1.82. The minimum absolute atomic E-state index is 0.183. The number of ether oxygens (including phenoxy) is 1. The van der Waals surface area contributed by atoms with Gasteiger partial charge in [-0.25, -0.2) is 23.4 Å². The standard InChI is InChI=1S/C24H27N9O3S/c1-15(2)33-19-7-21(26-9-18(19)23(30-33)31-11-24(12-31)13-36-14-24)28-20-5-6-25-22(29-20)16-8-27-32(10-16)37(34,35)17-3-4-17/h5-10,15,17H,3-4,11-14H2,1-2H3,(H,25,26,28,29). The van der Waals surface area contributed by atoms with Crippen LogP contribution < -0.4 is 10.2 Å². The topological polar surface area (TPSA) is 133 Å². The van der Waals surface area contributed by atoms with E-state index in [-0.39, 0.29) is 11.3 Å². The third kappa shape index (κ3) is 3.75. The van der Waals surface area contributed by atoms with E-state index >= 15 is 0 Å². The molecule has 6 heterocycles. The van der Waals surface area contributed by atoms with Gasteiger partial charge in [-0.1, -0.05) is 0 Å². The van der Waals surface area contributed by atoms with Crippen molar-refractivity contribution < 1.29 is 13.2 Å². The lowest BCUT2D eigenvalue weighted by Crippen LogP contribution is -2.66. The summed E-state index contributed by atoms with van der Waals surface area (Å²) in [6, 6.07) is 3.91. The lowest BCUT2D eigenvalue weighted by atomic mass is 9.78. The van der Waals surface area contributed by atoms with Crippen molar-refractivity contribution in [1.29, 1.82) is 0 Å². The minimum Gasteiger partial charge on any atom is -0.380 e. The van der Waals surface area contributed by atoms with Gasteiger partial charge in [-0.2, -0.15) is 14.3 Å². The molecule has 1 N–H and O–H groups in total. The Bertz CT molecular complexity index is 1610. The largest absolute Gasteiger partial charge is 0.380 e. The van der Waals surface area contributed by atoms with Gasteiger partial charge in [-0.15, -0.1) is 0 Å². The molecule has 3 fully saturated rings. The number of hydrogen-bond donors (Lipinski definition) is 1. The molecule has 7 rings (SSSR count). The van der Waals surface area contributed by atoms with Crippen LogP contribution >= 0.6 is 0 Å². The molecule has 2 aliphatic heterocycles. The average molecular weight is 522 g/mol. The van der Waals surface area contributed by atoms with Crippen LogP contribution in [-0.4, -0.2) is 73.9 Å². The molecule has 0 atom stereocenters. The molecule has 0 bridgehead atoms. The first-order valence-corrected chi connectivity index (χ1v) is 13.9. The molecule has 2 saturated heterocycles. The quantitative estimate of drug-likeness (QED) is 0.387. The number of fused-ring (bicyclic) bond motifs is 1. The van der Waals surface area contributed by atoms with Gasteiger partial charge in [0.25, 0.3) is 10.0 Å². The fourth-order valence-corrected chi connectivity index (χ4v) is 6.45. The first-order chi connectivity index (χ1) is 17.8. The first-order valence-electron chi connectivity index (χ1n) is 12.4. The molecule has 1 aliphatic carbocycles. The van der Waals surface area contributed by atoms with Crippen LogP contribution in [0, 0.1) is 5.41 Å². The van der Waals surface area contributed by atoms with E-state index in [4.69, 9.17) is 9.84 Å². The number of pyridine rings is 1.